The molecule has 100 valence electrons. The van der Waals surface area contributed by atoms with Crippen LogP contribution in [0, 0.1) is 17.8 Å². The van der Waals surface area contributed by atoms with E-state index in [1.54, 1.807) is 0 Å². The summed E-state index contributed by atoms with van der Waals surface area (Å²) in [7, 11) is 1.48. The zero-order chi connectivity index (χ0) is 12.4. The Morgan fingerprint density at radius 3 is 2.41 bits per heavy atom. The highest BCUT2D eigenvalue weighted by Crippen LogP contribution is 2.42. The van der Waals surface area contributed by atoms with Crippen LogP contribution in [0.4, 0.5) is 8.78 Å². The molecule has 0 N–H and O–H groups in total. The number of methoxy groups -OCH3 is 1. The molecular weight excluding hydrogens is 222 g/mol. The van der Waals surface area contributed by atoms with Crippen LogP contribution in [0.1, 0.15) is 45.4 Å². The number of rotatable bonds is 2. The molecule has 6 unspecified atom stereocenters. The fourth-order valence-electron chi connectivity index (χ4n) is 3.73. The van der Waals surface area contributed by atoms with Crippen LogP contribution in [-0.2, 0) is 4.74 Å². The molecular formula is C14H24F2O. The molecule has 17 heavy (non-hydrogen) atoms. The van der Waals surface area contributed by atoms with Gasteiger partial charge in [-0.1, -0.05) is 26.2 Å². The largest absolute Gasteiger partial charge is 0.378 e. The van der Waals surface area contributed by atoms with Crippen LogP contribution in [0.25, 0.3) is 0 Å². The predicted octanol–water partition coefficient (Wildman–Crippen LogP) is 3.91. The van der Waals surface area contributed by atoms with Gasteiger partial charge >= 0.3 is 0 Å². The van der Waals surface area contributed by atoms with E-state index < -0.39 is 18.4 Å². The predicted molar refractivity (Wildman–Crippen MR) is 64.4 cm³/mol. The lowest BCUT2D eigenvalue weighted by Gasteiger charge is -2.40. The number of ether oxygens (including phenoxy) is 1. The summed E-state index contributed by atoms with van der Waals surface area (Å²) in [4.78, 5) is 0. The summed E-state index contributed by atoms with van der Waals surface area (Å²) in [6.07, 6.45) is 2.79. The SMILES string of the molecule is COC1CCC(C2CCCC(C)C2)C(F)C1F. The van der Waals surface area contributed by atoms with Crippen LogP contribution in [-0.4, -0.2) is 25.6 Å². The van der Waals surface area contributed by atoms with E-state index in [0.717, 1.165) is 19.3 Å². The van der Waals surface area contributed by atoms with Gasteiger partial charge in [0.05, 0.1) is 6.10 Å². The number of hydrogen-bond donors (Lipinski definition) is 0. The fraction of sp³-hybridized carbons (Fsp3) is 1.00. The number of halogens is 2. The smallest absolute Gasteiger partial charge is 0.157 e. The monoisotopic (exact) mass is 246 g/mol. The molecule has 2 aliphatic rings. The van der Waals surface area contributed by atoms with E-state index in [1.807, 2.05) is 0 Å². The average Bonchev–Trinajstić information content (AvgIpc) is 2.32. The second-order valence-corrected chi connectivity index (χ2v) is 5.94. The Balaban J connectivity index is 1.97. The molecule has 0 amide bonds. The van der Waals surface area contributed by atoms with Crippen LogP contribution in [0.3, 0.4) is 0 Å². The van der Waals surface area contributed by atoms with Crippen molar-refractivity contribution in [2.75, 3.05) is 7.11 Å². The Morgan fingerprint density at radius 1 is 1.00 bits per heavy atom. The van der Waals surface area contributed by atoms with E-state index in [-0.39, 0.29) is 5.92 Å². The molecule has 0 aromatic rings. The molecule has 0 spiro atoms. The lowest BCUT2D eigenvalue weighted by atomic mass is 9.69. The van der Waals surface area contributed by atoms with Gasteiger partial charge in [-0.25, -0.2) is 8.78 Å². The van der Waals surface area contributed by atoms with Crippen molar-refractivity contribution in [1.82, 2.24) is 0 Å². The summed E-state index contributed by atoms with van der Waals surface area (Å²) < 4.78 is 33.0. The summed E-state index contributed by atoms with van der Waals surface area (Å²) in [5.41, 5.74) is 0. The van der Waals surface area contributed by atoms with Crippen molar-refractivity contribution < 1.29 is 13.5 Å². The standard InChI is InChI=1S/C14H24F2O/c1-9-4-3-5-10(8-9)11-6-7-12(17-2)14(16)13(11)15/h9-14H,3-8H2,1-2H3. The molecule has 0 aliphatic heterocycles. The molecule has 0 saturated heterocycles. The second kappa shape index (κ2) is 5.64. The molecule has 3 heteroatoms. The lowest BCUT2D eigenvalue weighted by Crippen LogP contribution is -2.45. The fourth-order valence-corrected chi connectivity index (χ4v) is 3.73. The normalized spacial score (nSPS) is 48.0. The van der Waals surface area contributed by atoms with Crippen molar-refractivity contribution in [2.45, 2.75) is 63.9 Å². The van der Waals surface area contributed by atoms with Gasteiger partial charge in [0.25, 0.3) is 0 Å². The highest BCUT2D eigenvalue weighted by molar-refractivity contribution is 4.92. The van der Waals surface area contributed by atoms with Crippen LogP contribution < -0.4 is 0 Å². The van der Waals surface area contributed by atoms with E-state index in [1.165, 1.54) is 20.0 Å². The maximum Gasteiger partial charge on any atom is 0.157 e. The lowest BCUT2D eigenvalue weighted by molar-refractivity contribution is -0.0724. The zero-order valence-electron chi connectivity index (χ0n) is 10.9. The van der Waals surface area contributed by atoms with Crippen molar-refractivity contribution >= 4 is 0 Å². The number of hydrogen-bond acceptors (Lipinski definition) is 1. The topological polar surface area (TPSA) is 9.23 Å². The second-order valence-electron chi connectivity index (χ2n) is 5.94. The van der Waals surface area contributed by atoms with Crippen molar-refractivity contribution in [3.05, 3.63) is 0 Å². The van der Waals surface area contributed by atoms with Crippen molar-refractivity contribution in [2.24, 2.45) is 17.8 Å². The van der Waals surface area contributed by atoms with E-state index >= 15 is 0 Å². The molecule has 6 atom stereocenters. The first kappa shape index (κ1) is 13.3. The van der Waals surface area contributed by atoms with Gasteiger partial charge in [0.2, 0.25) is 0 Å². The summed E-state index contributed by atoms with van der Waals surface area (Å²) >= 11 is 0. The molecule has 0 bridgehead atoms. The van der Waals surface area contributed by atoms with Crippen molar-refractivity contribution in [1.29, 1.82) is 0 Å². The Kier molecular flexibility index (Phi) is 4.40. The minimum absolute atomic E-state index is 0.0702. The van der Waals surface area contributed by atoms with Gasteiger partial charge in [-0.05, 0) is 37.0 Å². The van der Waals surface area contributed by atoms with Gasteiger partial charge in [-0.15, -0.1) is 0 Å². The summed E-state index contributed by atoms with van der Waals surface area (Å²) in [5, 5.41) is 0. The Hall–Kier alpha value is -0.180. The molecule has 0 aromatic carbocycles. The van der Waals surface area contributed by atoms with E-state index in [2.05, 4.69) is 6.92 Å². The highest BCUT2D eigenvalue weighted by Gasteiger charge is 2.44. The molecule has 0 heterocycles. The third-order valence-corrected chi connectivity index (χ3v) is 4.74. The Morgan fingerprint density at radius 2 is 1.76 bits per heavy atom. The Bertz CT molecular complexity index is 246. The summed E-state index contributed by atoms with van der Waals surface area (Å²) in [6, 6.07) is 0. The van der Waals surface area contributed by atoms with Crippen LogP contribution in [0.5, 0.6) is 0 Å². The van der Waals surface area contributed by atoms with E-state index in [4.69, 9.17) is 4.74 Å². The molecule has 0 radical (unpaired) electrons. The number of alkyl halides is 2. The van der Waals surface area contributed by atoms with Crippen LogP contribution in [0.15, 0.2) is 0 Å². The zero-order valence-corrected chi connectivity index (χ0v) is 10.9. The van der Waals surface area contributed by atoms with Gasteiger partial charge < -0.3 is 4.74 Å². The van der Waals surface area contributed by atoms with Gasteiger partial charge in [0.15, 0.2) is 6.17 Å². The maximum absolute atomic E-state index is 14.1. The average molecular weight is 246 g/mol. The summed E-state index contributed by atoms with van der Waals surface area (Å²) in [6.45, 7) is 2.23. The molecule has 2 rings (SSSR count). The first-order valence-corrected chi connectivity index (χ1v) is 6.94. The van der Waals surface area contributed by atoms with Crippen LogP contribution in [0.2, 0.25) is 0 Å². The van der Waals surface area contributed by atoms with E-state index in [0.29, 0.717) is 18.3 Å². The van der Waals surface area contributed by atoms with Gasteiger partial charge in [0.1, 0.15) is 6.17 Å². The van der Waals surface area contributed by atoms with Crippen molar-refractivity contribution in [3.63, 3.8) is 0 Å². The minimum atomic E-state index is -1.42. The molecule has 2 saturated carbocycles. The van der Waals surface area contributed by atoms with Gasteiger partial charge in [-0.3, -0.25) is 0 Å². The highest BCUT2D eigenvalue weighted by atomic mass is 19.2. The molecule has 1 nitrogen and oxygen atoms in total. The van der Waals surface area contributed by atoms with Crippen molar-refractivity contribution in [3.8, 4) is 0 Å². The third-order valence-electron chi connectivity index (χ3n) is 4.74. The first-order valence-electron chi connectivity index (χ1n) is 6.94. The molecule has 2 fully saturated rings. The van der Waals surface area contributed by atoms with Gasteiger partial charge in [0, 0.05) is 7.11 Å². The van der Waals surface area contributed by atoms with Gasteiger partial charge in [-0.2, -0.15) is 0 Å². The quantitative estimate of drug-likeness (QED) is 0.717. The first-order chi connectivity index (χ1) is 8.13. The van der Waals surface area contributed by atoms with Crippen LogP contribution >= 0.6 is 0 Å². The molecule has 0 aromatic heterocycles. The maximum atomic E-state index is 14.1. The van der Waals surface area contributed by atoms with E-state index in [9.17, 15) is 8.78 Å². The Labute approximate surface area is 103 Å². The minimum Gasteiger partial charge on any atom is -0.378 e. The summed E-state index contributed by atoms with van der Waals surface area (Å²) in [5.74, 6) is 1.00. The third kappa shape index (κ3) is 2.81. The molecule has 2 aliphatic carbocycles.